The van der Waals surface area contributed by atoms with E-state index in [4.69, 9.17) is 12.2 Å². The monoisotopic (exact) mass is 338 g/mol. The Morgan fingerprint density at radius 3 is 2.70 bits per heavy atom. The number of nitrogens with zero attached hydrogens (tertiary/aromatic N) is 2. The summed E-state index contributed by atoms with van der Waals surface area (Å²) in [6.45, 7) is 1.98. The molecule has 0 spiro atoms. The van der Waals surface area contributed by atoms with Gasteiger partial charge in [0.1, 0.15) is 0 Å². The SMILES string of the molecule is CC(/C=C1\SC(=S)N(c2cccnc2)C1=O)=C\c1ccccc1. The van der Waals surface area contributed by atoms with Crippen molar-refractivity contribution in [3.8, 4) is 0 Å². The number of hydrogen-bond acceptors (Lipinski definition) is 4. The van der Waals surface area contributed by atoms with Crippen LogP contribution >= 0.6 is 24.0 Å². The zero-order valence-electron chi connectivity index (χ0n) is 12.5. The van der Waals surface area contributed by atoms with Crippen molar-refractivity contribution < 1.29 is 4.79 Å². The highest BCUT2D eigenvalue weighted by Crippen LogP contribution is 2.35. The van der Waals surface area contributed by atoms with Gasteiger partial charge in [-0.1, -0.05) is 60.4 Å². The van der Waals surface area contributed by atoms with Crippen molar-refractivity contribution in [2.75, 3.05) is 4.90 Å². The summed E-state index contributed by atoms with van der Waals surface area (Å²) in [7, 11) is 0. The maximum atomic E-state index is 12.6. The van der Waals surface area contributed by atoms with Gasteiger partial charge < -0.3 is 0 Å². The van der Waals surface area contributed by atoms with Crippen LogP contribution in [0.1, 0.15) is 12.5 Å². The summed E-state index contributed by atoms with van der Waals surface area (Å²) < 4.78 is 0.529. The highest BCUT2D eigenvalue weighted by Gasteiger charge is 2.33. The van der Waals surface area contributed by atoms with Gasteiger partial charge in [-0.3, -0.25) is 14.7 Å². The molecule has 3 rings (SSSR count). The Morgan fingerprint density at radius 2 is 2.00 bits per heavy atom. The highest BCUT2D eigenvalue weighted by atomic mass is 32.2. The van der Waals surface area contributed by atoms with Crippen molar-refractivity contribution >= 4 is 46.0 Å². The van der Waals surface area contributed by atoms with Gasteiger partial charge in [0.25, 0.3) is 5.91 Å². The van der Waals surface area contributed by atoms with Crippen molar-refractivity contribution in [1.82, 2.24) is 4.98 Å². The number of thioether (sulfide) groups is 1. The molecule has 0 N–H and O–H groups in total. The number of amides is 1. The lowest BCUT2D eigenvalue weighted by Crippen LogP contribution is -2.27. The molecule has 3 nitrogen and oxygen atoms in total. The van der Waals surface area contributed by atoms with Gasteiger partial charge in [0.15, 0.2) is 4.32 Å². The molecule has 1 aromatic heterocycles. The van der Waals surface area contributed by atoms with Crippen LogP contribution in [0.2, 0.25) is 0 Å². The standard InChI is InChI=1S/C18H14N2OS2/c1-13(10-14-6-3-2-4-7-14)11-16-17(21)20(18(22)23-16)15-8-5-9-19-12-15/h2-12H,1H3/b13-10+,16-11-. The van der Waals surface area contributed by atoms with Crippen LogP contribution in [0.4, 0.5) is 5.69 Å². The fraction of sp³-hybridized carbons (Fsp3) is 0.0556. The Hall–Kier alpha value is -2.24. The predicted molar refractivity (Wildman–Crippen MR) is 100 cm³/mol. The third-order valence-electron chi connectivity index (χ3n) is 3.25. The number of benzene rings is 1. The number of carbonyl (C=O) groups is 1. The van der Waals surface area contributed by atoms with Crippen LogP contribution in [0.5, 0.6) is 0 Å². The lowest BCUT2D eigenvalue weighted by molar-refractivity contribution is -0.113. The quantitative estimate of drug-likeness (QED) is 0.612. The molecule has 23 heavy (non-hydrogen) atoms. The van der Waals surface area contributed by atoms with E-state index < -0.39 is 0 Å². The average Bonchev–Trinajstić information content (AvgIpc) is 2.83. The van der Waals surface area contributed by atoms with Crippen LogP contribution < -0.4 is 4.90 Å². The maximum absolute atomic E-state index is 12.6. The first-order valence-electron chi connectivity index (χ1n) is 7.06. The summed E-state index contributed by atoms with van der Waals surface area (Å²) in [5, 5.41) is 0. The molecule has 5 heteroatoms. The van der Waals surface area contributed by atoms with Gasteiger partial charge in [-0.2, -0.15) is 0 Å². The van der Waals surface area contributed by atoms with Gasteiger partial charge in [-0.05, 0) is 36.3 Å². The summed E-state index contributed by atoms with van der Waals surface area (Å²) in [5.41, 5.74) is 2.80. The molecule has 0 saturated carbocycles. The second-order valence-electron chi connectivity index (χ2n) is 5.03. The third-order valence-corrected chi connectivity index (χ3v) is 4.55. The molecular formula is C18H14N2OS2. The number of anilines is 1. The minimum absolute atomic E-state index is 0.103. The van der Waals surface area contributed by atoms with Gasteiger partial charge in [0.05, 0.1) is 16.8 Å². The van der Waals surface area contributed by atoms with Gasteiger partial charge in [-0.25, -0.2) is 0 Å². The number of rotatable bonds is 3. The topological polar surface area (TPSA) is 33.2 Å². The van der Waals surface area contributed by atoms with E-state index in [2.05, 4.69) is 4.98 Å². The molecule has 1 saturated heterocycles. The lowest BCUT2D eigenvalue weighted by atomic mass is 10.1. The maximum Gasteiger partial charge on any atom is 0.270 e. The van der Waals surface area contributed by atoms with Crippen LogP contribution in [0.25, 0.3) is 6.08 Å². The Labute approximate surface area is 144 Å². The summed E-state index contributed by atoms with van der Waals surface area (Å²) in [6.07, 6.45) is 7.23. The first-order chi connectivity index (χ1) is 11.1. The minimum atomic E-state index is -0.103. The summed E-state index contributed by atoms with van der Waals surface area (Å²) in [5.74, 6) is -0.103. The van der Waals surface area contributed by atoms with Crippen LogP contribution in [0.3, 0.4) is 0 Å². The molecule has 0 aliphatic carbocycles. The van der Waals surface area contributed by atoms with E-state index >= 15 is 0 Å². The first-order valence-corrected chi connectivity index (χ1v) is 8.29. The first kappa shape index (κ1) is 15.6. The molecule has 1 aliphatic heterocycles. The van der Waals surface area contributed by atoms with E-state index in [1.54, 1.807) is 18.5 Å². The molecule has 114 valence electrons. The smallest absolute Gasteiger partial charge is 0.268 e. The minimum Gasteiger partial charge on any atom is -0.268 e. The molecule has 0 atom stereocenters. The Kier molecular flexibility index (Phi) is 4.69. The molecule has 1 amide bonds. The number of aromatic nitrogens is 1. The molecule has 1 aliphatic rings. The molecular weight excluding hydrogens is 324 g/mol. The molecule has 2 heterocycles. The molecule has 0 bridgehead atoms. The molecule has 2 aromatic rings. The van der Waals surface area contributed by atoms with Crippen molar-refractivity contribution in [1.29, 1.82) is 0 Å². The van der Waals surface area contributed by atoms with Crippen molar-refractivity contribution in [2.24, 2.45) is 0 Å². The highest BCUT2D eigenvalue weighted by molar-refractivity contribution is 8.27. The normalized spacial score (nSPS) is 17.2. The molecule has 1 aromatic carbocycles. The third kappa shape index (κ3) is 3.57. The molecule has 1 fully saturated rings. The van der Waals surface area contributed by atoms with Gasteiger partial charge in [-0.15, -0.1) is 0 Å². The van der Waals surface area contributed by atoms with Crippen LogP contribution in [-0.2, 0) is 4.79 Å². The number of hydrogen-bond donors (Lipinski definition) is 0. The molecule has 0 unspecified atom stereocenters. The Balaban J connectivity index is 1.86. The number of allylic oxidation sites excluding steroid dienone is 2. The summed E-state index contributed by atoms with van der Waals surface area (Å²) >= 11 is 6.65. The largest absolute Gasteiger partial charge is 0.270 e. The number of thiocarbonyl (C=S) groups is 1. The average molecular weight is 338 g/mol. The number of carbonyl (C=O) groups excluding carboxylic acids is 1. The van der Waals surface area contributed by atoms with Crippen LogP contribution in [0, 0.1) is 0 Å². The fourth-order valence-electron chi connectivity index (χ4n) is 2.24. The Morgan fingerprint density at radius 1 is 1.22 bits per heavy atom. The second-order valence-corrected chi connectivity index (χ2v) is 6.70. The van der Waals surface area contributed by atoms with Crippen molar-refractivity contribution in [2.45, 2.75) is 6.92 Å². The summed E-state index contributed by atoms with van der Waals surface area (Å²) in [4.78, 5) is 18.8. The number of pyridine rings is 1. The zero-order chi connectivity index (χ0) is 16.2. The predicted octanol–water partition coefficient (Wildman–Crippen LogP) is 4.43. The van der Waals surface area contributed by atoms with E-state index in [1.165, 1.54) is 16.7 Å². The Bertz CT molecular complexity index is 798. The van der Waals surface area contributed by atoms with E-state index in [-0.39, 0.29) is 5.91 Å². The van der Waals surface area contributed by atoms with Crippen LogP contribution in [0.15, 0.2) is 71.4 Å². The lowest BCUT2D eigenvalue weighted by Gasteiger charge is -2.13. The van der Waals surface area contributed by atoms with Gasteiger partial charge in [0.2, 0.25) is 0 Å². The van der Waals surface area contributed by atoms with E-state index in [0.717, 1.165) is 11.1 Å². The van der Waals surface area contributed by atoms with E-state index in [1.807, 2.05) is 55.5 Å². The van der Waals surface area contributed by atoms with E-state index in [0.29, 0.717) is 14.9 Å². The zero-order valence-corrected chi connectivity index (χ0v) is 14.1. The fourth-order valence-corrected chi connectivity index (χ4v) is 3.59. The van der Waals surface area contributed by atoms with Crippen molar-refractivity contribution in [3.63, 3.8) is 0 Å². The molecule has 0 radical (unpaired) electrons. The van der Waals surface area contributed by atoms with Crippen LogP contribution in [-0.4, -0.2) is 15.2 Å². The van der Waals surface area contributed by atoms with Gasteiger partial charge in [0, 0.05) is 6.20 Å². The van der Waals surface area contributed by atoms with Gasteiger partial charge >= 0.3 is 0 Å². The van der Waals surface area contributed by atoms with E-state index in [9.17, 15) is 4.79 Å². The summed E-state index contributed by atoms with van der Waals surface area (Å²) in [6, 6.07) is 13.6. The van der Waals surface area contributed by atoms with Crippen molar-refractivity contribution in [3.05, 3.63) is 77.0 Å². The second kappa shape index (κ2) is 6.89.